The molecule has 0 aliphatic heterocycles. The van der Waals surface area contributed by atoms with E-state index in [2.05, 4.69) is 10.3 Å². The van der Waals surface area contributed by atoms with Gasteiger partial charge in [-0.1, -0.05) is 6.07 Å². The maximum atomic E-state index is 13.1. The molecule has 4 rings (SSSR count). The first-order chi connectivity index (χ1) is 15.4. The number of hydrogen-bond donors (Lipinski definition) is 1. The summed E-state index contributed by atoms with van der Waals surface area (Å²) in [4.78, 5) is 18.5. The Bertz CT molecular complexity index is 1330. The Balaban J connectivity index is 1.69. The third-order valence-electron chi connectivity index (χ3n) is 5.21. The first-order valence-corrected chi connectivity index (χ1v) is 12.4. The Morgan fingerprint density at radius 1 is 1.12 bits per heavy atom. The zero-order chi connectivity index (χ0) is 22.7. The van der Waals surface area contributed by atoms with Gasteiger partial charge in [0.15, 0.2) is 0 Å². The molecule has 0 spiro atoms. The lowest BCUT2D eigenvalue weighted by Crippen LogP contribution is -2.27. The normalized spacial score (nSPS) is 11.8. The van der Waals surface area contributed by atoms with Crippen molar-refractivity contribution in [2.75, 3.05) is 20.6 Å². The molecule has 166 valence electrons. The maximum Gasteiger partial charge on any atom is 0.267 e. The van der Waals surface area contributed by atoms with Gasteiger partial charge in [-0.2, -0.15) is 0 Å². The molecule has 1 aromatic carbocycles. The number of pyridine rings is 1. The molecule has 9 heteroatoms. The Hall–Kier alpha value is -3.01. The van der Waals surface area contributed by atoms with Gasteiger partial charge >= 0.3 is 0 Å². The number of aromatic nitrogens is 2. The van der Waals surface area contributed by atoms with Crippen molar-refractivity contribution in [3.05, 3.63) is 82.4 Å². The molecule has 1 amide bonds. The van der Waals surface area contributed by atoms with E-state index in [0.717, 1.165) is 17.5 Å². The molecule has 0 unspecified atom stereocenters. The number of fused-ring (bicyclic) bond motifs is 1. The van der Waals surface area contributed by atoms with Gasteiger partial charge in [-0.05, 0) is 59.8 Å². The molecule has 0 aliphatic rings. The lowest BCUT2D eigenvalue weighted by Gasteiger charge is -2.13. The Labute approximate surface area is 191 Å². The van der Waals surface area contributed by atoms with Crippen LogP contribution < -0.4 is 5.32 Å². The molecule has 3 aromatic heterocycles. The summed E-state index contributed by atoms with van der Waals surface area (Å²) in [6.07, 6.45) is 4.19. The first kappa shape index (κ1) is 22.2. The van der Waals surface area contributed by atoms with Gasteiger partial charge in [0.2, 0.25) is 10.0 Å². The van der Waals surface area contributed by atoms with E-state index in [9.17, 15) is 13.2 Å². The molecule has 0 saturated heterocycles. The van der Waals surface area contributed by atoms with Crippen LogP contribution in [0.1, 0.15) is 20.9 Å². The molecule has 0 atom stereocenters. The van der Waals surface area contributed by atoms with E-state index in [0.29, 0.717) is 24.2 Å². The number of amides is 1. The van der Waals surface area contributed by atoms with Crippen LogP contribution in [0.5, 0.6) is 0 Å². The van der Waals surface area contributed by atoms with Crippen molar-refractivity contribution < 1.29 is 13.2 Å². The fraction of sp³-hybridized carbons (Fsp3) is 0.217. The van der Waals surface area contributed by atoms with E-state index in [1.807, 2.05) is 34.2 Å². The predicted octanol–water partition coefficient (Wildman–Crippen LogP) is 3.37. The zero-order valence-electron chi connectivity index (χ0n) is 17.9. The average Bonchev–Trinajstić information content (AvgIpc) is 3.42. The Morgan fingerprint density at radius 3 is 2.59 bits per heavy atom. The second kappa shape index (κ2) is 9.23. The van der Waals surface area contributed by atoms with E-state index in [-0.39, 0.29) is 10.8 Å². The number of benzene rings is 1. The predicted molar refractivity (Wildman–Crippen MR) is 127 cm³/mol. The number of sulfonamides is 1. The number of carbonyl (C=O) groups excluding carboxylic acids is 1. The van der Waals surface area contributed by atoms with E-state index in [1.165, 1.54) is 23.3 Å². The fourth-order valence-electron chi connectivity index (χ4n) is 3.49. The third kappa shape index (κ3) is 4.59. The van der Waals surface area contributed by atoms with Crippen LogP contribution >= 0.6 is 11.3 Å². The average molecular weight is 469 g/mol. The highest BCUT2D eigenvalue weighted by Gasteiger charge is 2.21. The molecule has 0 fully saturated rings. The van der Waals surface area contributed by atoms with Crippen molar-refractivity contribution in [3.63, 3.8) is 0 Å². The highest BCUT2D eigenvalue weighted by atomic mass is 32.2. The van der Waals surface area contributed by atoms with Crippen LogP contribution in [0.3, 0.4) is 0 Å². The van der Waals surface area contributed by atoms with E-state index >= 15 is 0 Å². The quantitative estimate of drug-likeness (QED) is 0.430. The summed E-state index contributed by atoms with van der Waals surface area (Å²) in [5.41, 5.74) is 2.28. The van der Waals surface area contributed by atoms with E-state index < -0.39 is 10.0 Å². The van der Waals surface area contributed by atoms with Crippen LogP contribution in [-0.2, 0) is 23.0 Å². The summed E-state index contributed by atoms with van der Waals surface area (Å²) in [6, 6.07) is 14.6. The molecular formula is C23H24N4O3S2. The SMILES string of the molecule is CN(C)S(=O)(=O)c1ccc2c(c1)cc(C(=O)NCCc1cccs1)n2Cc1ccncc1. The molecule has 0 radical (unpaired) electrons. The van der Waals surface area contributed by atoms with Gasteiger partial charge < -0.3 is 9.88 Å². The maximum absolute atomic E-state index is 13.1. The number of nitrogens with one attached hydrogen (secondary N) is 1. The van der Waals surface area contributed by atoms with E-state index in [1.54, 1.807) is 48.0 Å². The molecule has 32 heavy (non-hydrogen) atoms. The van der Waals surface area contributed by atoms with Gasteiger partial charge in [0.1, 0.15) is 5.69 Å². The summed E-state index contributed by atoms with van der Waals surface area (Å²) < 4.78 is 28.3. The molecule has 0 aliphatic carbocycles. The number of rotatable bonds is 8. The highest BCUT2D eigenvalue weighted by molar-refractivity contribution is 7.89. The topological polar surface area (TPSA) is 84.3 Å². The Kier molecular flexibility index (Phi) is 6.40. The fourth-order valence-corrected chi connectivity index (χ4v) is 5.14. The van der Waals surface area contributed by atoms with Crippen LogP contribution in [0.2, 0.25) is 0 Å². The largest absolute Gasteiger partial charge is 0.350 e. The van der Waals surface area contributed by atoms with Crippen LogP contribution in [0.15, 0.2) is 71.2 Å². The lowest BCUT2D eigenvalue weighted by molar-refractivity contribution is 0.0946. The monoisotopic (exact) mass is 468 g/mol. The zero-order valence-corrected chi connectivity index (χ0v) is 19.5. The molecule has 3 heterocycles. The van der Waals surface area contributed by atoms with Crippen molar-refractivity contribution in [3.8, 4) is 0 Å². The molecular weight excluding hydrogens is 444 g/mol. The van der Waals surface area contributed by atoms with E-state index in [4.69, 9.17) is 0 Å². The van der Waals surface area contributed by atoms with Crippen molar-refractivity contribution in [1.82, 2.24) is 19.2 Å². The Morgan fingerprint density at radius 2 is 1.91 bits per heavy atom. The number of carbonyl (C=O) groups is 1. The van der Waals surface area contributed by atoms with Crippen LogP contribution in [0, 0.1) is 0 Å². The highest BCUT2D eigenvalue weighted by Crippen LogP contribution is 2.26. The minimum Gasteiger partial charge on any atom is -0.350 e. The van der Waals surface area contributed by atoms with Crippen LogP contribution in [0.4, 0.5) is 0 Å². The second-order valence-electron chi connectivity index (χ2n) is 7.56. The van der Waals surface area contributed by atoms with Crippen LogP contribution in [0.25, 0.3) is 10.9 Å². The number of hydrogen-bond acceptors (Lipinski definition) is 5. The van der Waals surface area contributed by atoms with Crippen molar-refractivity contribution >= 4 is 38.2 Å². The summed E-state index contributed by atoms with van der Waals surface area (Å²) in [5, 5.41) is 5.71. The summed E-state index contributed by atoms with van der Waals surface area (Å²) in [7, 11) is -0.573. The molecule has 7 nitrogen and oxygen atoms in total. The summed E-state index contributed by atoms with van der Waals surface area (Å²) in [5.74, 6) is -0.191. The van der Waals surface area contributed by atoms with Gasteiger partial charge in [-0.15, -0.1) is 11.3 Å². The van der Waals surface area contributed by atoms with Crippen LogP contribution in [-0.4, -0.2) is 48.8 Å². The van der Waals surface area contributed by atoms with Gasteiger partial charge in [0, 0.05) is 55.4 Å². The molecule has 0 saturated carbocycles. The van der Waals surface area contributed by atoms with Crippen molar-refractivity contribution in [2.45, 2.75) is 17.9 Å². The van der Waals surface area contributed by atoms with Crippen molar-refractivity contribution in [1.29, 1.82) is 0 Å². The smallest absolute Gasteiger partial charge is 0.267 e. The molecule has 4 aromatic rings. The minimum absolute atomic E-state index is 0.191. The summed E-state index contributed by atoms with van der Waals surface area (Å²) in [6.45, 7) is 0.996. The second-order valence-corrected chi connectivity index (χ2v) is 10.7. The van der Waals surface area contributed by atoms with Crippen molar-refractivity contribution in [2.24, 2.45) is 0 Å². The minimum atomic E-state index is -3.57. The third-order valence-corrected chi connectivity index (χ3v) is 7.96. The molecule has 1 N–H and O–H groups in total. The summed E-state index contributed by atoms with van der Waals surface area (Å²) >= 11 is 1.66. The number of nitrogens with zero attached hydrogens (tertiary/aromatic N) is 3. The standard InChI is InChI=1S/C23H24N4O3S2/c1-26(2)32(29,30)20-5-6-21-18(14-20)15-22(27(21)16-17-7-10-24-11-8-17)23(28)25-12-9-19-4-3-13-31-19/h3-8,10-11,13-15H,9,12,16H2,1-2H3,(H,25,28). The number of thiophene rings is 1. The van der Waals surface area contributed by atoms with Gasteiger partial charge in [-0.25, -0.2) is 12.7 Å². The van der Waals surface area contributed by atoms with Gasteiger partial charge in [-0.3, -0.25) is 9.78 Å². The molecule has 0 bridgehead atoms. The van der Waals surface area contributed by atoms with Gasteiger partial charge in [0.05, 0.1) is 4.90 Å². The first-order valence-electron chi connectivity index (χ1n) is 10.1. The van der Waals surface area contributed by atoms with Gasteiger partial charge in [0.25, 0.3) is 5.91 Å². The lowest BCUT2D eigenvalue weighted by atomic mass is 10.2.